The van der Waals surface area contributed by atoms with E-state index in [9.17, 15) is 9.90 Å². The third-order valence-electron chi connectivity index (χ3n) is 6.03. The van der Waals surface area contributed by atoms with Gasteiger partial charge in [0.05, 0.1) is 5.56 Å². The molecule has 3 aromatic rings. The molecular weight excluding hydrogens is 464 g/mol. The Hall–Kier alpha value is -2.34. The van der Waals surface area contributed by atoms with Crippen LogP contribution in [0.3, 0.4) is 0 Å². The monoisotopic (exact) mass is 498 g/mol. The highest BCUT2D eigenvalue weighted by Crippen LogP contribution is 2.38. The van der Waals surface area contributed by atoms with Gasteiger partial charge >= 0.3 is 5.97 Å². The molecule has 0 amide bonds. The summed E-state index contributed by atoms with van der Waals surface area (Å²) in [6.45, 7) is 12.9. The van der Waals surface area contributed by atoms with E-state index in [1.807, 2.05) is 19.9 Å². The van der Waals surface area contributed by atoms with E-state index < -0.39 is 5.97 Å². The molecule has 1 heterocycles. The van der Waals surface area contributed by atoms with E-state index in [-0.39, 0.29) is 12.4 Å². The molecule has 2 aromatic carbocycles. The number of aromatic nitrogens is 1. The van der Waals surface area contributed by atoms with Gasteiger partial charge in [-0.15, -0.1) is 24.2 Å². The van der Waals surface area contributed by atoms with E-state index in [0.717, 1.165) is 50.5 Å². The highest BCUT2D eigenvalue weighted by atomic mass is 35.5. The second kappa shape index (κ2) is 11.9. The molecule has 0 aliphatic heterocycles. The lowest BCUT2D eigenvalue weighted by Crippen LogP contribution is -2.13. The van der Waals surface area contributed by atoms with Crippen LogP contribution < -0.4 is 5.73 Å². The Bertz CT molecular complexity index is 1170. The van der Waals surface area contributed by atoms with Gasteiger partial charge in [-0.3, -0.25) is 4.98 Å². The second-order valence-corrected chi connectivity index (χ2v) is 10.1. The predicted octanol–water partition coefficient (Wildman–Crippen LogP) is 7.05. The predicted molar refractivity (Wildman–Crippen MR) is 145 cm³/mol. The van der Waals surface area contributed by atoms with Crippen LogP contribution in [0.15, 0.2) is 41.3 Å². The summed E-state index contributed by atoms with van der Waals surface area (Å²) in [7, 11) is 0. The molecule has 0 aliphatic carbocycles. The molecule has 6 heteroatoms. The Kier molecular flexibility index (Phi) is 9.74. The zero-order valence-electron chi connectivity index (χ0n) is 20.9. The van der Waals surface area contributed by atoms with Gasteiger partial charge in [0, 0.05) is 28.6 Å². The Morgan fingerprint density at radius 3 is 2.24 bits per heavy atom. The van der Waals surface area contributed by atoms with Gasteiger partial charge in [0.2, 0.25) is 0 Å². The number of carbonyl (C=O) groups is 1. The molecule has 3 rings (SSSR count). The minimum absolute atomic E-state index is 0. The minimum Gasteiger partial charge on any atom is -0.478 e. The first-order chi connectivity index (χ1) is 15.6. The van der Waals surface area contributed by atoms with Gasteiger partial charge in [0.1, 0.15) is 0 Å². The van der Waals surface area contributed by atoms with Crippen LogP contribution in [0.4, 0.5) is 0 Å². The Labute approximate surface area is 213 Å². The van der Waals surface area contributed by atoms with Crippen LogP contribution in [0.5, 0.6) is 0 Å². The molecule has 3 N–H and O–H groups in total. The van der Waals surface area contributed by atoms with Gasteiger partial charge in [-0.25, -0.2) is 4.79 Å². The standard InChI is InChI=1S/C28H34N2O2S.ClH/c1-16(2)13-25-23(14-29)26(21-10-7-17(3)8-11-21)24(20(6)30-25)15-33-27-18(4)9-12-22(19(27)5)28(31)32;/h7-12,16H,13-15,29H2,1-6H3,(H,31,32);1H. The Balaban J connectivity index is 0.00000408. The van der Waals surface area contributed by atoms with E-state index in [4.69, 9.17) is 10.7 Å². The number of thioether (sulfide) groups is 1. The van der Waals surface area contributed by atoms with Gasteiger partial charge < -0.3 is 10.8 Å². The molecule has 0 saturated carbocycles. The van der Waals surface area contributed by atoms with Crippen LogP contribution in [0, 0.1) is 33.6 Å². The van der Waals surface area contributed by atoms with Crippen molar-refractivity contribution in [2.75, 3.05) is 0 Å². The fourth-order valence-corrected chi connectivity index (χ4v) is 5.55. The number of rotatable bonds is 8. The Morgan fingerprint density at radius 1 is 1.03 bits per heavy atom. The molecular formula is C28H35ClN2O2S. The van der Waals surface area contributed by atoms with Crippen LogP contribution >= 0.6 is 24.2 Å². The highest BCUT2D eigenvalue weighted by molar-refractivity contribution is 7.98. The quantitative estimate of drug-likeness (QED) is 0.325. The minimum atomic E-state index is -0.893. The van der Waals surface area contributed by atoms with Crippen LogP contribution in [0.2, 0.25) is 0 Å². The molecule has 34 heavy (non-hydrogen) atoms. The first-order valence-electron chi connectivity index (χ1n) is 11.4. The maximum Gasteiger partial charge on any atom is 0.335 e. The summed E-state index contributed by atoms with van der Waals surface area (Å²) in [5, 5.41) is 9.56. The van der Waals surface area contributed by atoms with Gasteiger partial charge in [-0.1, -0.05) is 49.7 Å². The molecule has 0 bridgehead atoms. The summed E-state index contributed by atoms with van der Waals surface area (Å²) in [5.74, 6) is 0.287. The lowest BCUT2D eigenvalue weighted by molar-refractivity contribution is 0.0695. The number of aromatic carboxylic acids is 1. The first-order valence-corrected chi connectivity index (χ1v) is 12.4. The van der Waals surface area contributed by atoms with E-state index >= 15 is 0 Å². The Morgan fingerprint density at radius 2 is 1.68 bits per heavy atom. The van der Waals surface area contributed by atoms with Crippen LogP contribution in [-0.4, -0.2) is 16.1 Å². The zero-order chi connectivity index (χ0) is 24.3. The van der Waals surface area contributed by atoms with Crippen LogP contribution in [0.1, 0.15) is 63.4 Å². The maximum absolute atomic E-state index is 11.7. The van der Waals surface area contributed by atoms with Gasteiger partial charge in [-0.2, -0.15) is 0 Å². The second-order valence-electron chi connectivity index (χ2n) is 9.12. The largest absolute Gasteiger partial charge is 0.478 e. The first kappa shape index (κ1) is 27.9. The molecule has 0 atom stereocenters. The summed E-state index contributed by atoms with van der Waals surface area (Å²) < 4.78 is 0. The number of nitrogens with zero attached hydrogens (tertiary/aromatic N) is 1. The zero-order valence-corrected chi connectivity index (χ0v) is 22.5. The van der Waals surface area contributed by atoms with E-state index in [1.54, 1.807) is 17.8 Å². The summed E-state index contributed by atoms with van der Waals surface area (Å²) in [5.41, 5.74) is 16.5. The SMILES string of the molecule is Cc1ccc(-c2c(CSc3c(C)ccc(C(=O)O)c3C)c(C)nc(CC(C)C)c2CN)cc1.Cl. The lowest BCUT2D eigenvalue weighted by atomic mass is 9.90. The number of carboxylic acids is 1. The average Bonchev–Trinajstić information content (AvgIpc) is 2.74. The number of halogens is 1. The smallest absolute Gasteiger partial charge is 0.335 e. The molecule has 0 saturated heterocycles. The third-order valence-corrected chi connectivity index (χ3v) is 7.38. The molecule has 0 spiro atoms. The van der Waals surface area contributed by atoms with Crippen molar-refractivity contribution in [2.45, 2.75) is 65.2 Å². The molecule has 0 fully saturated rings. The van der Waals surface area contributed by atoms with Crippen molar-refractivity contribution in [3.63, 3.8) is 0 Å². The fourth-order valence-electron chi connectivity index (χ4n) is 4.29. The number of hydrogen-bond acceptors (Lipinski definition) is 4. The summed E-state index contributed by atoms with van der Waals surface area (Å²) >= 11 is 1.68. The van der Waals surface area contributed by atoms with Crippen molar-refractivity contribution < 1.29 is 9.90 Å². The molecule has 0 radical (unpaired) electrons. The van der Waals surface area contributed by atoms with Crippen molar-refractivity contribution in [2.24, 2.45) is 11.7 Å². The molecule has 1 aromatic heterocycles. The molecule has 182 valence electrons. The number of aryl methyl sites for hydroxylation is 3. The van der Waals surface area contributed by atoms with E-state index in [0.29, 0.717) is 23.8 Å². The normalized spacial score (nSPS) is 10.9. The summed E-state index contributed by atoms with van der Waals surface area (Å²) in [6, 6.07) is 12.2. The number of nitrogens with two attached hydrogens (primary N) is 1. The van der Waals surface area contributed by atoms with Crippen molar-refractivity contribution in [1.29, 1.82) is 0 Å². The van der Waals surface area contributed by atoms with Crippen molar-refractivity contribution in [3.8, 4) is 11.1 Å². The lowest BCUT2D eigenvalue weighted by Gasteiger charge is -2.22. The fraction of sp³-hybridized carbons (Fsp3) is 0.357. The van der Waals surface area contributed by atoms with Gasteiger partial charge in [0.25, 0.3) is 0 Å². The highest BCUT2D eigenvalue weighted by Gasteiger charge is 2.20. The molecule has 4 nitrogen and oxygen atoms in total. The maximum atomic E-state index is 11.7. The van der Waals surface area contributed by atoms with Gasteiger partial charge in [0.15, 0.2) is 0 Å². The molecule has 0 unspecified atom stereocenters. The molecule has 0 aliphatic rings. The average molecular weight is 499 g/mol. The van der Waals surface area contributed by atoms with Crippen molar-refractivity contribution >= 4 is 30.1 Å². The number of hydrogen-bond donors (Lipinski definition) is 2. The van der Waals surface area contributed by atoms with E-state index in [1.165, 1.54) is 11.1 Å². The third kappa shape index (κ3) is 6.01. The van der Waals surface area contributed by atoms with Crippen LogP contribution in [-0.2, 0) is 18.7 Å². The number of pyridine rings is 1. The number of benzene rings is 2. The van der Waals surface area contributed by atoms with Crippen LogP contribution in [0.25, 0.3) is 11.1 Å². The van der Waals surface area contributed by atoms with E-state index in [2.05, 4.69) is 52.0 Å². The summed E-state index contributed by atoms with van der Waals surface area (Å²) in [4.78, 5) is 17.7. The van der Waals surface area contributed by atoms with Crippen molar-refractivity contribution in [3.05, 3.63) is 81.2 Å². The topological polar surface area (TPSA) is 76.2 Å². The van der Waals surface area contributed by atoms with Gasteiger partial charge in [-0.05, 0) is 79.5 Å². The summed E-state index contributed by atoms with van der Waals surface area (Å²) in [6.07, 6.45) is 0.887. The van der Waals surface area contributed by atoms with Crippen molar-refractivity contribution in [1.82, 2.24) is 4.98 Å². The number of carboxylic acid groups (broad SMARTS) is 1.